The van der Waals surface area contributed by atoms with Gasteiger partial charge in [0.1, 0.15) is 5.75 Å². The number of anilines is 1. The first kappa shape index (κ1) is 22.5. The van der Waals surface area contributed by atoms with Crippen LogP contribution >= 0.6 is 0 Å². The van der Waals surface area contributed by atoms with Gasteiger partial charge in [-0.2, -0.15) is 8.78 Å². The van der Waals surface area contributed by atoms with Gasteiger partial charge in [-0.3, -0.25) is 14.4 Å². The molecule has 9 heteroatoms. The number of rotatable bonds is 10. The highest BCUT2D eigenvalue weighted by Gasteiger charge is 2.13. The van der Waals surface area contributed by atoms with Gasteiger partial charge in [0, 0.05) is 12.6 Å². The molecule has 0 fully saturated rings. The van der Waals surface area contributed by atoms with E-state index in [1.165, 1.54) is 30.3 Å². The maximum absolute atomic E-state index is 12.4. The largest absolute Gasteiger partial charge is 0.456 e. The van der Waals surface area contributed by atoms with E-state index in [1.54, 1.807) is 6.08 Å². The molecule has 0 saturated heterocycles. The Balaban J connectivity index is 1.68. The Labute approximate surface area is 171 Å². The lowest BCUT2D eigenvalue weighted by Gasteiger charge is -2.11. The van der Waals surface area contributed by atoms with E-state index in [2.05, 4.69) is 15.4 Å². The number of halogens is 2. The minimum atomic E-state index is -3.04. The zero-order chi connectivity index (χ0) is 21.8. The predicted molar refractivity (Wildman–Crippen MR) is 106 cm³/mol. The van der Waals surface area contributed by atoms with Crippen molar-refractivity contribution in [1.82, 2.24) is 5.32 Å². The molecule has 2 aromatic carbocycles. The van der Waals surface area contributed by atoms with Gasteiger partial charge in [0.15, 0.2) is 6.61 Å². The van der Waals surface area contributed by atoms with E-state index in [0.29, 0.717) is 0 Å². The van der Waals surface area contributed by atoms with E-state index in [4.69, 9.17) is 4.74 Å². The first-order valence-corrected chi connectivity index (χ1v) is 8.94. The second-order valence-corrected chi connectivity index (χ2v) is 5.87. The number of carbonyl (C=O) groups excluding carboxylic acids is 3. The maximum Gasteiger partial charge on any atom is 0.387 e. The summed E-state index contributed by atoms with van der Waals surface area (Å²) in [6, 6.07) is 14.8. The molecule has 0 aliphatic rings. The minimum Gasteiger partial charge on any atom is -0.456 e. The van der Waals surface area contributed by atoms with Crippen molar-refractivity contribution in [2.75, 3.05) is 18.5 Å². The number of nitrogens with one attached hydrogen (secondary N) is 2. The zero-order valence-electron chi connectivity index (χ0n) is 15.8. The summed E-state index contributed by atoms with van der Waals surface area (Å²) in [6.07, 6.45) is 2.84. The van der Waals surface area contributed by atoms with Crippen molar-refractivity contribution in [3.8, 4) is 5.75 Å². The summed E-state index contributed by atoms with van der Waals surface area (Å²) < 4.78 is 33.8. The summed E-state index contributed by atoms with van der Waals surface area (Å²) in [6.45, 7) is -3.62. The van der Waals surface area contributed by atoms with Crippen molar-refractivity contribution < 1.29 is 32.6 Å². The molecular formula is C21H20F2N2O5. The molecule has 0 aromatic heterocycles. The van der Waals surface area contributed by atoms with Crippen LogP contribution in [0.25, 0.3) is 6.08 Å². The summed E-state index contributed by atoms with van der Waals surface area (Å²) >= 11 is 0. The lowest BCUT2D eigenvalue weighted by atomic mass is 10.2. The van der Waals surface area contributed by atoms with Crippen molar-refractivity contribution in [2.24, 2.45) is 0 Å². The second-order valence-electron chi connectivity index (χ2n) is 5.87. The average Bonchev–Trinajstić information content (AvgIpc) is 2.72. The Kier molecular flexibility index (Phi) is 8.98. The normalized spacial score (nSPS) is 10.6. The fourth-order valence-electron chi connectivity index (χ4n) is 2.26. The Morgan fingerprint density at radius 3 is 2.43 bits per heavy atom. The molecule has 30 heavy (non-hydrogen) atoms. The van der Waals surface area contributed by atoms with Crippen LogP contribution in [0.5, 0.6) is 5.75 Å². The number of hydrogen-bond acceptors (Lipinski definition) is 5. The smallest absolute Gasteiger partial charge is 0.387 e. The number of ether oxygens (including phenoxy) is 2. The third-order valence-corrected chi connectivity index (χ3v) is 3.60. The molecule has 0 aliphatic carbocycles. The quantitative estimate of drug-likeness (QED) is 0.457. The molecule has 0 unspecified atom stereocenters. The summed E-state index contributed by atoms with van der Waals surface area (Å²) in [7, 11) is 0. The third kappa shape index (κ3) is 8.51. The number of amides is 2. The molecule has 158 valence electrons. The van der Waals surface area contributed by atoms with E-state index in [9.17, 15) is 23.2 Å². The number of hydrogen-bond donors (Lipinski definition) is 2. The van der Waals surface area contributed by atoms with Crippen LogP contribution in [0, 0.1) is 0 Å². The van der Waals surface area contributed by atoms with Crippen molar-refractivity contribution in [2.45, 2.75) is 13.0 Å². The van der Waals surface area contributed by atoms with Crippen LogP contribution in [0.3, 0.4) is 0 Å². The number of para-hydroxylation sites is 2. The summed E-state index contributed by atoms with van der Waals surface area (Å²) in [4.78, 5) is 35.2. The number of benzene rings is 2. The fourth-order valence-corrected chi connectivity index (χ4v) is 2.26. The van der Waals surface area contributed by atoms with E-state index < -0.39 is 25.1 Å². The molecule has 7 nitrogen and oxygen atoms in total. The molecule has 0 radical (unpaired) electrons. The van der Waals surface area contributed by atoms with Gasteiger partial charge in [0.05, 0.1) is 12.1 Å². The molecule has 0 atom stereocenters. The minimum absolute atomic E-state index is 0.0244. The van der Waals surface area contributed by atoms with Crippen LogP contribution in [-0.4, -0.2) is 37.5 Å². The van der Waals surface area contributed by atoms with Crippen molar-refractivity contribution in [1.29, 1.82) is 0 Å². The number of alkyl halides is 2. The summed E-state index contributed by atoms with van der Waals surface area (Å²) in [5.74, 6) is -2.00. The Bertz CT molecular complexity index is 888. The maximum atomic E-state index is 12.4. The SMILES string of the molecule is O=C(/C=C/c1ccccc1)NCCC(=O)OCC(=O)Nc1ccccc1OC(F)F. The van der Waals surface area contributed by atoms with Crippen molar-refractivity contribution in [3.63, 3.8) is 0 Å². The Hall–Kier alpha value is -3.75. The van der Waals surface area contributed by atoms with E-state index in [0.717, 1.165) is 5.56 Å². The number of esters is 1. The third-order valence-electron chi connectivity index (χ3n) is 3.60. The second kappa shape index (κ2) is 11.9. The lowest BCUT2D eigenvalue weighted by molar-refractivity contribution is -0.147. The van der Waals surface area contributed by atoms with Gasteiger partial charge in [-0.25, -0.2) is 0 Å². The van der Waals surface area contributed by atoms with Crippen LogP contribution in [0.4, 0.5) is 14.5 Å². The standard InChI is InChI=1S/C21H20F2N2O5/c22-21(23)30-17-9-5-4-8-16(17)25-19(27)14-29-20(28)12-13-24-18(26)11-10-15-6-2-1-3-7-15/h1-11,21H,12-14H2,(H,24,26)(H,25,27)/b11-10+. The lowest BCUT2D eigenvalue weighted by Crippen LogP contribution is -2.26. The van der Waals surface area contributed by atoms with Gasteiger partial charge in [-0.05, 0) is 23.8 Å². The van der Waals surface area contributed by atoms with Crippen molar-refractivity contribution >= 4 is 29.5 Å². The molecule has 0 aliphatic heterocycles. The molecule has 0 saturated carbocycles. The summed E-state index contributed by atoms with van der Waals surface area (Å²) in [5, 5.41) is 4.85. The highest BCUT2D eigenvalue weighted by molar-refractivity contribution is 5.94. The predicted octanol–water partition coefficient (Wildman–Crippen LogP) is 2.99. The molecule has 2 aromatic rings. The van der Waals surface area contributed by atoms with E-state index in [1.807, 2.05) is 30.3 Å². The molecule has 2 rings (SSSR count). The van der Waals surface area contributed by atoms with Crippen LogP contribution in [0.1, 0.15) is 12.0 Å². The molecule has 2 N–H and O–H groups in total. The monoisotopic (exact) mass is 418 g/mol. The van der Waals surface area contributed by atoms with Gasteiger partial charge < -0.3 is 20.1 Å². The van der Waals surface area contributed by atoms with Gasteiger partial charge in [-0.1, -0.05) is 42.5 Å². The highest BCUT2D eigenvalue weighted by atomic mass is 19.3. The zero-order valence-corrected chi connectivity index (χ0v) is 15.8. The fraction of sp³-hybridized carbons (Fsp3) is 0.190. The molecule has 0 spiro atoms. The topological polar surface area (TPSA) is 93.7 Å². The Morgan fingerprint density at radius 1 is 1.00 bits per heavy atom. The molecule has 0 heterocycles. The van der Waals surface area contributed by atoms with Gasteiger partial charge in [-0.15, -0.1) is 0 Å². The van der Waals surface area contributed by atoms with Crippen LogP contribution in [-0.2, 0) is 19.1 Å². The average molecular weight is 418 g/mol. The van der Waals surface area contributed by atoms with Crippen LogP contribution in [0.15, 0.2) is 60.7 Å². The molecule has 0 bridgehead atoms. The van der Waals surface area contributed by atoms with Gasteiger partial charge in [0.2, 0.25) is 5.91 Å². The van der Waals surface area contributed by atoms with Gasteiger partial charge in [0.25, 0.3) is 5.91 Å². The van der Waals surface area contributed by atoms with E-state index in [-0.39, 0.29) is 30.3 Å². The van der Waals surface area contributed by atoms with Crippen LogP contribution in [0.2, 0.25) is 0 Å². The number of carbonyl (C=O) groups is 3. The highest BCUT2D eigenvalue weighted by Crippen LogP contribution is 2.25. The molecular weight excluding hydrogens is 398 g/mol. The summed E-state index contributed by atoms with van der Waals surface area (Å²) in [5.41, 5.74) is 0.884. The Morgan fingerprint density at radius 2 is 1.70 bits per heavy atom. The van der Waals surface area contributed by atoms with Crippen LogP contribution < -0.4 is 15.4 Å². The van der Waals surface area contributed by atoms with Crippen molar-refractivity contribution in [3.05, 3.63) is 66.2 Å². The molecule has 2 amide bonds. The first-order valence-electron chi connectivity index (χ1n) is 8.94. The first-order chi connectivity index (χ1) is 14.4. The van der Waals surface area contributed by atoms with Gasteiger partial charge >= 0.3 is 12.6 Å². The van der Waals surface area contributed by atoms with E-state index >= 15 is 0 Å².